The SMILES string of the molecule is Cn1ccc(CNC(=O)COc2ccc(F)cc2)c1. The Balaban J connectivity index is 1.74. The molecule has 2 rings (SSSR count). The number of carbonyl (C=O) groups excluding carboxylic acids is 1. The summed E-state index contributed by atoms with van der Waals surface area (Å²) in [5, 5.41) is 2.74. The number of benzene rings is 1. The number of aryl methyl sites for hydroxylation is 1. The normalized spacial score (nSPS) is 10.2. The van der Waals surface area contributed by atoms with Crippen molar-refractivity contribution in [2.24, 2.45) is 7.05 Å². The van der Waals surface area contributed by atoms with Crippen LogP contribution in [0.25, 0.3) is 0 Å². The molecule has 0 aliphatic carbocycles. The fourth-order valence-electron chi connectivity index (χ4n) is 1.60. The van der Waals surface area contributed by atoms with E-state index in [1.165, 1.54) is 24.3 Å². The largest absolute Gasteiger partial charge is 0.484 e. The Morgan fingerprint density at radius 1 is 1.32 bits per heavy atom. The highest BCUT2D eigenvalue weighted by molar-refractivity contribution is 5.77. The minimum Gasteiger partial charge on any atom is -0.484 e. The summed E-state index contributed by atoms with van der Waals surface area (Å²) >= 11 is 0. The topological polar surface area (TPSA) is 43.3 Å². The first-order chi connectivity index (χ1) is 9.13. The first kappa shape index (κ1) is 13.1. The summed E-state index contributed by atoms with van der Waals surface area (Å²) in [4.78, 5) is 11.5. The van der Waals surface area contributed by atoms with Crippen molar-refractivity contribution in [3.8, 4) is 5.75 Å². The molecule has 4 nitrogen and oxygen atoms in total. The molecule has 0 spiro atoms. The predicted molar refractivity (Wildman–Crippen MR) is 69.2 cm³/mol. The molecule has 100 valence electrons. The highest BCUT2D eigenvalue weighted by atomic mass is 19.1. The summed E-state index contributed by atoms with van der Waals surface area (Å²) in [6.45, 7) is 0.380. The van der Waals surface area contributed by atoms with Gasteiger partial charge in [0.2, 0.25) is 0 Å². The molecule has 1 heterocycles. The Labute approximate surface area is 110 Å². The minimum atomic E-state index is -0.333. The van der Waals surface area contributed by atoms with Crippen molar-refractivity contribution < 1.29 is 13.9 Å². The molecule has 0 aliphatic rings. The van der Waals surface area contributed by atoms with Gasteiger partial charge in [0, 0.05) is 26.0 Å². The van der Waals surface area contributed by atoms with Gasteiger partial charge < -0.3 is 14.6 Å². The summed E-state index contributed by atoms with van der Waals surface area (Å²) < 4.78 is 19.8. The average Bonchev–Trinajstić information content (AvgIpc) is 2.81. The van der Waals surface area contributed by atoms with Crippen molar-refractivity contribution in [1.82, 2.24) is 9.88 Å². The zero-order valence-electron chi connectivity index (χ0n) is 10.6. The fourth-order valence-corrected chi connectivity index (χ4v) is 1.60. The quantitative estimate of drug-likeness (QED) is 0.893. The van der Waals surface area contributed by atoms with Gasteiger partial charge in [-0.3, -0.25) is 4.79 Å². The van der Waals surface area contributed by atoms with E-state index < -0.39 is 0 Å². The van der Waals surface area contributed by atoms with E-state index >= 15 is 0 Å². The third kappa shape index (κ3) is 4.13. The van der Waals surface area contributed by atoms with Crippen molar-refractivity contribution in [1.29, 1.82) is 0 Å². The Hall–Kier alpha value is -2.30. The Morgan fingerprint density at radius 2 is 2.05 bits per heavy atom. The molecule has 1 N–H and O–H groups in total. The van der Waals surface area contributed by atoms with Crippen LogP contribution in [0.15, 0.2) is 42.7 Å². The first-order valence-electron chi connectivity index (χ1n) is 5.89. The van der Waals surface area contributed by atoms with Crippen LogP contribution in [0.4, 0.5) is 4.39 Å². The lowest BCUT2D eigenvalue weighted by Crippen LogP contribution is -2.28. The molecule has 2 aromatic rings. The summed E-state index contributed by atoms with van der Waals surface area (Å²) in [7, 11) is 1.92. The highest BCUT2D eigenvalue weighted by Gasteiger charge is 2.03. The molecule has 0 unspecified atom stereocenters. The second kappa shape index (κ2) is 6.04. The summed E-state index contributed by atoms with van der Waals surface area (Å²) in [5.41, 5.74) is 1.03. The van der Waals surface area contributed by atoms with Gasteiger partial charge in [0.15, 0.2) is 6.61 Å². The zero-order valence-corrected chi connectivity index (χ0v) is 10.6. The van der Waals surface area contributed by atoms with Gasteiger partial charge in [-0.2, -0.15) is 0 Å². The molecule has 5 heteroatoms. The molecule has 0 bridgehead atoms. The average molecular weight is 262 g/mol. The number of hydrogen-bond donors (Lipinski definition) is 1. The Bertz CT molecular complexity index is 549. The molecule has 19 heavy (non-hydrogen) atoms. The standard InChI is InChI=1S/C14H15FN2O2/c1-17-7-6-11(9-17)8-16-14(18)10-19-13-4-2-12(15)3-5-13/h2-7,9H,8,10H2,1H3,(H,16,18). The molecule has 0 radical (unpaired) electrons. The van der Waals surface area contributed by atoms with E-state index in [4.69, 9.17) is 4.74 Å². The molecule has 1 aromatic carbocycles. The van der Waals surface area contributed by atoms with E-state index in [1.807, 2.05) is 30.1 Å². The fraction of sp³-hybridized carbons (Fsp3) is 0.214. The lowest BCUT2D eigenvalue weighted by atomic mass is 10.3. The molecule has 0 saturated carbocycles. The van der Waals surface area contributed by atoms with Crippen molar-refractivity contribution in [3.05, 3.63) is 54.1 Å². The molecular weight excluding hydrogens is 247 g/mol. The molecule has 1 aromatic heterocycles. The van der Waals surface area contributed by atoms with Crippen LogP contribution in [0.1, 0.15) is 5.56 Å². The van der Waals surface area contributed by atoms with Crippen molar-refractivity contribution >= 4 is 5.91 Å². The number of hydrogen-bond acceptors (Lipinski definition) is 2. The van der Waals surface area contributed by atoms with Crippen LogP contribution in [-0.4, -0.2) is 17.1 Å². The van der Waals surface area contributed by atoms with E-state index in [9.17, 15) is 9.18 Å². The van der Waals surface area contributed by atoms with Gasteiger partial charge in [-0.05, 0) is 35.9 Å². The predicted octanol–water partition coefficient (Wildman–Crippen LogP) is 1.86. The zero-order chi connectivity index (χ0) is 13.7. The van der Waals surface area contributed by atoms with E-state index in [1.54, 1.807) is 0 Å². The van der Waals surface area contributed by atoms with Crippen LogP contribution < -0.4 is 10.1 Å². The van der Waals surface area contributed by atoms with Gasteiger partial charge in [0.25, 0.3) is 5.91 Å². The number of amides is 1. The molecule has 1 amide bonds. The second-order valence-electron chi connectivity index (χ2n) is 4.20. The van der Waals surface area contributed by atoms with Gasteiger partial charge in [-0.1, -0.05) is 0 Å². The van der Waals surface area contributed by atoms with E-state index in [0.717, 1.165) is 5.56 Å². The number of nitrogens with zero attached hydrogens (tertiary/aromatic N) is 1. The number of rotatable bonds is 5. The maximum atomic E-state index is 12.7. The smallest absolute Gasteiger partial charge is 0.258 e. The van der Waals surface area contributed by atoms with Crippen molar-refractivity contribution in [2.45, 2.75) is 6.54 Å². The maximum absolute atomic E-state index is 12.7. The van der Waals surface area contributed by atoms with Gasteiger partial charge in [0.05, 0.1) is 0 Å². The molecule has 0 saturated heterocycles. The van der Waals surface area contributed by atoms with Gasteiger partial charge in [-0.15, -0.1) is 0 Å². The lowest BCUT2D eigenvalue weighted by molar-refractivity contribution is -0.123. The van der Waals surface area contributed by atoms with E-state index in [0.29, 0.717) is 12.3 Å². The minimum absolute atomic E-state index is 0.0849. The van der Waals surface area contributed by atoms with Crippen LogP contribution in [0.5, 0.6) is 5.75 Å². The van der Waals surface area contributed by atoms with Gasteiger partial charge in [0.1, 0.15) is 11.6 Å². The molecular formula is C14H15FN2O2. The summed E-state index contributed by atoms with van der Waals surface area (Å²) in [5.74, 6) is -0.0784. The number of carbonyl (C=O) groups is 1. The third-order valence-electron chi connectivity index (χ3n) is 2.57. The van der Waals surface area contributed by atoms with Crippen LogP contribution in [0, 0.1) is 5.82 Å². The van der Waals surface area contributed by atoms with Crippen molar-refractivity contribution in [2.75, 3.05) is 6.61 Å². The van der Waals surface area contributed by atoms with E-state index in [-0.39, 0.29) is 18.3 Å². The number of aromatic nitrogens is 1. The summed E-state index contributed by atoms with van der Waals surface area (Å²) in [6, 6.07) is 7.48. The van der Waals surface area contributed by atoms with Crippen LogP contribution in [-0.2, 0) is 18.4 Å². The maximum Gasteiger partial charge on any atom is 0.258 e. The number of halogens is 1. The third-order valence-corrected chi connectivity index (χ3v) is 2.57. The van der Waals surface area contributed by atoms with Crippen LogP contribution >= 0.6 is 0 Å². The van der Waals surface area contributed by atoms with Gasteiger partial charge in [-0.25, -0.2) is 4.39 Å². The first-order valence-corrected chi connectivity index (χ1v) is 5.89. The Kier molecular flexibility index (Phi) is 4.18. The van der Waals surface area contributed by atoms with E-state index in [2.05, 4.69) is 5.32 Å². The molecule has 0 fully saturated rings. The summed E-state index contributed by atoms with van der Waals surface area (Å²) in [6.07, 6.45) is 3.84. The lowest BCUT2D eigenvalue weighted by Gasteiger charge is -2.06. The molecule has 0 atom stereocenters. The Morgan fingerprint density at radius 3 is 2.68 bits per heavy atom. The van der Waals surface area contributed by atoms with Crippen molar-refractivity contribution in [3.63, 3.8) is 0 Å². The second-order valence-corrected chi connectivity index (χ2v) is 4.20. The highest BCUT2D eigenvalue weighted by Crippen LogP contribution is 2.10. The molecule has 0 aliphatic heterocycles. The monoisotopic (exact) mass is 262 g/mol. The van der Waals surface area contributed by atoms with Crippen LogP contribution in [0.2, 0.25) is 0 Å². The number of ether oxygens (including phenoxy) is 1. The van der Waals surface area contributed by atoms with Crippen LogP contribution in [0.3, 0.4) is 0 Å². The van der Waals surface area contributed by atoms with Gasteiger partial charge >= 0.3 is 0 Å². The number of nitrogens with one attached hydrogen (secondary N) is 1.